The van der Waals surface area contributed by atoms with E-state index in [0.717, 1.165) is 29.7 Å². The fraction of sp³-hybridized carbons (Fsp3) is 0.308. The average molecular weight is 577 g/mol. The molecule has 0 aromatic heterocycles. The van der Waals surface area contributed by atoms with Gasteiger partial charge in [-0.05, 0) is 71.1 Å². The first-order valence-corrected chi connectivity index (χ1v) is 12.7. The molecule has 2 aromatic rings. The molecule has 0 fully saturated rings. The Kier molecular flexibility index (Phi) is 7.65. The maximum Gasteiger partial charge on any atom is 0.175 e. The quantitative estimate of drug-likeness (QED) is 0.424. The SMILES string of the molecule is CCOc1cc([C@@H]2C(C#N)=C(N)N(C)C3=C2C(=O)CCC3)cc(Br)c1OCc1ccc(Cl)c(Cl)c1. The molecular formula is C26H24BrCl2N3O3. The van der Waals surface area contributed by atoms with Gasteiger partial charge in [0.2, 0.25) is 0 Å². The van der Waals surface area contributed by atoms with Crippen LogP contribution in [0.3, 0.4) is 0 Å². The lowest BCUT2D eigenvalue weighted by molar-refractivity contribution is -0.116. The topological polar surface area (TPSA) is 88.6 Å². The van der Waals surface area contributed by atoms with E-state index in [1.54, 1.807) is 24.1 Å². The minimum absolute atomic E-state index is 0.0392. The number of ketones is 1. The van der Waals surface area contributed by atoms with Crippen molar-refractivity contribution in [2.75, 3.05) is 13.7 Å². The van der Waals surface area contributed by atoms with Gasteiger partial charge in [-0.25, -0.2) is 0 Å². The minimum Gasteiger partial charge on any atom is -0.490 e. The zero-order chi connectivity index (χ0) is 25.3. The largest absolute Gasteiger partial charge is 0.490 e. The zero-order valence-corrected chi connectivity index (χ0v) is 22.4. The van der Waals surface area contributed by atoms with Gasteiger partial charge in [-0.1, -0.05) is 29.3 Å². The molecule has 9 heteroatoms. The molecule has 2 aliphatic rings. The molecule has 2 aromatic carbocycles. The lowest BCUT2D eigenvalue weighted by Crippen LogP contribution is -2.36. The summed E-state index contributed by atoms with van der Waals surface area (Å²) in [6.45, 7) is 2.53. The van der Waals surface area contributed by atoms with E-state index < -0.39 is 5.92 Å². The first-order chi connectivity index (χ1) is 16.8. The number of allylic oxidation sites excluding steroid dienone is 3. The van der Waals surface area contributed by atoms with E-state index in [1.807, 2.05) is 25.1 Å². The maximum atomic E-state index is 13.1. The Morgan fingerprint density at radius 1 is 1.20 bits per heavy atom. The number of hydrogen-bond donors (Lipinski definition) is 1. The number of nitrogens with two attached hydrogens (primary N) is 1. The van der Waals surface area contributed by atoms with Crippen LogP contribution in [0.4, 0.5) is 0 Å². The van der Waals surface area contributed by atoms with Gasteiger partial charge >= 0.3 is 0 Å². The van der Waals surface area contributed by atoms with Crippen LogP contribution in [-0.4, -0.2) is 24.3 Å². The second kappa shape index (κ2) is 10.5. The van der Waals surface area contributed by atoms with Crippen molar-refractivity contribution in [3.8, 4) is 17.6 Å². The number of rotatable bonds is 6. The van der Waals surface area contributed by atoms with E-state index >= 15 is 0 Å². The predicted octanol–water partition coefficient (Wildman–Crippen LogP) is 6.46. The first kappa shape index (κ1) is 25.4. The molecule has 6 nitrogen and oxygen atoms in total. The van der Waals surface area contributed by atoms with Crippen LogP contribution in [0.15, 0.2) is 57.5 Å². The highest BCUT2D eigenvalue weighted by atomic mass is 79.9. The Bertz CT molecular complexity index is 1300. The lowest BCUT2D eigenvalue weighted by Gasteiger charge is -2.37. The summed E-state index contributed by atoms with van der Waals surface area (Å²) < 4.78 is 12.7. The predicted molar refractivity (Wildman–Crippen MR) is 139 cm³/mol. The van der Waals surface area contributed by atoms with Crippen LogP contribution in [0.25, 0.3) is 0 Å². The Labute approximate surface area is 223 Å². The van der Waals surface area contributed by atoms with Gasteiger partial charge in [0.15, 0.2) is 17.3 Å². The Morgan fingerprint density at radius 2 is 1.97 bits per heavy atom. The van der Waals surface area contributed by atoms with Gasteiger partial charge < -0.3 is 20.1 Å². The van der Waals surface area contributed by atoms with Crippen LogP contribution in [0.5, 0.6) is 11.5 Å². The molecule has 0 bridgehead atoms. The van der Waals surface area contributed by atoms with Crippen molar-refractivity contribution in [2.45, 2.75) is 38.7 Å². The van der Waals surface area contributed by atoms with Crippen LogP contribution in [0.2, 0.25) is 10.0 Å². The molecule has 2 N–H and O–H groups in total. The highest BCUT2D eigenvalue weighted by Gasteiger charge is 2.39. The fourth-order valence-corrected chi connectivity index (χ4v) is 5.43. The average Bonchev–Trinajstić information content (AvgIpc) is 2.83. The molecule has 4 rings (SSSR count). The molecule has 0 amide bonds. The number of nitrogens with zero attached hydrogens (tertiary/aromatic N) is 2. The highest BCUT2D eigenvalue weighted by Crippen LogP contribution is 2.47. The van der Waals surface area contributed by atoms with E-state index in [2.05, 4.69) is 22.0 Å². The molecule has 1 heterocycles. The molecule has 1 aliphatic heterocycles. The maximum absolute atomic E-state index is 13.1. The molecule has 1 atom stereocenters. The summed E-state index contributed by atoms with van der Waals surface area (Å²) in [5.74, 6) is 0.836. The zero-order valence-electron chi connectivity index (χ0n) is 19.3. The Balaban J connectivity index is 1.77. The van der Waals surface area contributed by atoms with Gasteiger partial charge in [0.1, 0.15) is 12.4 Å². The monoisotopic (exact) mass is 575 g/mol. The number of ether oxygens (including phenoxy) is 2. The molecule has 35 heavy (non-hydrogen) atoms. The first-order valence-electron chi connectivity index (χ1n) is 11.2. The van der Waals surface area contributed by atoms with E-state index in [0.29, 0.717) is 56.0 Å². The molecule has 0 unspecified atom stereocenters. The summed E-state index contributed by atoms with van der Waals surface area (Å²) in [6, 6.07) is 11.2. The summed E-state index contributed by atoms with van der Waals surface area (Å²) in [6.07, 6.45) is 1.95. The van der Waals surface area contributed by atoms with Gasteiger partial charge in [-0.2, -0.15) is 5.26 Å². The van der Waals surface area contributed by atoms with Crippen molar-refractivity contribution in [1.82, 2.24) is 4.90 Å². The highest BCUT2D eigenvalue weighted by molar-refractivity contribution is 9.10. The van der Waals surface area contributed by atoms with Crippen LogP contribution in [-0.2, 0) is 11.4 Å². The molecule has 0 saturated carbocycles. The third-order valence-electron chi connectivity index (χ3n) is 6.20. The second-order valence-electron chi connectivity index (χ2n) is 8.34. The van der Waals surface area contributed by atoms with Crippen molar-refractivity contribution in [1.29, 1.82) is 5.26 Å². The summed E-state index contributed by atoms with van der Waals surface area (Å²) in [5, 5.41) is 10.9. The Morgan fingerprint density at radius 3 is 2.66 bits per heavy atom. The molecule has 182 valence electrons. The van der Waals surface area contributed by atoms with Crippen molar-refractivity contribution < 1.29 is 14.3 Å². The van der Waals surface area contributed by atoms with Gasteiger partial charge in [0.05, 0.1) is 38.7 Å². The number of halogens is 3. The smallest absolute Gasteiger partial charge is 0.175 e. The number of hydrogen-bond acceptors (Lipinski definition) is 6. The fourth-order valence-electron chi connectivity index (χ4n) is 4.54. The molecular weight excluding hydrogens is 553 g/mol. The van der Waals surface area contributed by atoms with Gasteiger partial charge in [-0.3, -0.25) is 4.79 Å². The second-order valence-corrected chi connectivity index (χ2v) is 10.0. The number of nitriles is 1. The van der Waals surface area contributed by atoms with Crippen LogP contribution < -0.4 is 15.2 Å². The third-order valence-corrected chi connectivity index (χ3v) is 7.53. The summed E-state index contributed by atoms with van der Waals surface area (Å²) >= 11 is 15.8. The minimum atomic E-state index is -0.571. The number of Topliss-reactive ketones (excluding diaryl/α,β-unsaturated/α-hetero) is 1. The van der Waals surface area contributed by atoms with E-state index in [-0.39, 0.29) is 12.4 Å². The van der Waals surface area contributed by atoms with Crippen LogP contribution in [0.1, 0.15) is 43.2 Å². The van der Waals surface area contributed by atoms with Crippen molar-refractivity contribution >= 4 is 44.9 Å². The van der Waals surface area contributed by atoms with E-state index in [4.69, 9.17) is 38.4 Å². The summed E-state index contributed by atoms with van der Waals surface area (Å²) in [7, 11) is 1.80. The molecule has 0 saturated heterocycles. The molecule has 0 radical (unpaired) electrons. The van der Waals surface area contributed by atoms with Crippen molar-refractivity contribution in [3.05, 3.63) is 78.6 Å². The number of carbonyl (C=O) groups is 1. The number of benzene rings is 2. The van der Waals surface area contributed by atoms with Gasteiger partial charge in [0, 0.05) is 24.7 Å². The van der Waals surface area contributed by atoms with Crippen LogP contribution >= 0.6 is 39.1 Å². The lowest BCUT2D eigenvalue weighted by atomic mass is 9.76. The van der Waals surface area contributed by atoms with Crippen molar-refractivity contribution in [3.63, 3.8) is 0 Å². The van der Waals surface area contributed by atoms with Gasteiger partial charge in [0.25, 0.3) is 0 Å². The summed E-state index contributed by atoms with van der Waals surface area (Å²) in [4.78, 5) is 14.8. The standard InChI is InChI=1S/C26H24BrCl2N3O3/c1-3-34-22-11-15(10-17(27)25(22)35-13-14-7-8-18(28)19(29)9-14)23-16(12-30)26(31)32(2)20-5-4-6-21(33)24(20)23/h7-11,23H,3-6,13,31H2,1-2H3/t23-/m1/s1. The van der Waals surface area contributed by atoms with E-state index in [1.165, 1.54) is 0 Å². The van der Waals surface area contributed by atoms with E-state index in [9.17, 15) is 10.1 Å². The molecule has 0 spiro atoms. The third kappa shape index (κ3) is 4.88. The van der Waals surface area contributed by atoms with Gasteiger partial charge in [-0.15, -0.1) is 0 Å². The van der Waals surface area contributed by atoms with Crippen LogP contribution in [0, 0.1) is 11.3 Å². The normalized spacial score (nSPS) is 17.9. The number of carbonyl (C=O) groups excluding carboxylic acids is 1. The Hall–Kier alpha value is -2.66. The molecule has 1 aliphatic carbocycles. The summed E-state index contributed by atoms with van der Waals surface area (Å²) in [5.41, 5.74) is 9.79. The van der Waals surface area contributed by atoms with Crippen molar-refractivity contribution in [2.24, 2.45) is 5.73 Å².